The van der Waals surface area contributed by atoms with Crippen LogP contribution in [0.3, 0.4) is 0 Å². The van der Waals surface area contributed by atoms with Gasteiger partial charge in [-0.05, 0) is 41.8 Å². The van der Waals surface area contributed by atoms with Crippen LogP contribution in [0.2, 0.25) is 0 Å². The first-order valence-corrected chi connectivity index (χ1v) is 10.7. The van der Waals surface area contributed by atoms with Gasteiger partial charge in [-0.3, -0.25) is 9.59 Å². The number of amides is 2. The Bertz CT molecular complexity index is 1220. The molecule has 0 unspecified atom stereocenters. The van der Waals surface area contributed by atoms with Crippen molar-refractivity contribution in [2.45, 2.75) is 5.92 Å². The molecule has 0 spiro atoms. The number of anilines is 2. The summed E-state index contributed by atoms with van der Waals surface area (Å²) in [6.45, 7) is 0. The minimum Gasteiger partial charge on any atom is -0.457 e. The number of carbonyl (C=O) groups is 2. The molecule has 1 aliphatic rings. The number of rotatable bonds is 4. The predicted octanol–water partition coefficient (Wildman–Crippen LogP) is 5.88. The monoisotopic (exact) mass is 426 g/mol. The summed E-state index contributed by atoms with van der Waals surface area (Å²) < 4.78 is 5.98. The first-order valence-electron chi connectivity index (χ1n) is 9.80. The summed E-state index contributed by atoms with van der Waals surface area (Å²) in [5.41, 5.74) is 2.86. The van der Waals surface area contributed by atoms with Crippen LogP contribution in [-0.2, 0) is 4.79 Å². The Morgan fingerprint density at radius 3 is 2.03 bits per heavy atom. The van der Waals surface area contributed by atoms with Crippen molar-refractivity contribution in [3.05, 3.63) is 106 Å². The molecule has 2 amide bonds. The summed E-state index contributed by atoms with van der Waals surface area (Å²) in [6, 6.07) is 25.9. The van der Waals surface area contributed by atoms with Crippen molar-refractivity contribution in [1.29, 1.82) is 0 Å². The van der Waals surface area contributed by atoms with Crippen LogP contribution in [0.5, 0.6) is 11.5 Å². The van der Waals surface area contributed by atoms with E-state index in [1.807, 2.05) is 60.0 Å². The van der Waals surface area contributed by atoms with Crippen LogP contribution in [0.4, 0.5) is 11.4 Å². The summed E-state index contributed by atoms with van der Waals surface area (Å²) in [6.07, 6.45) is 0. The Morgan fingerprint density at radius 2 is 1.39 bits per heavy atom. The molecule has 1 aromatic heterocycles. The molecule has 2 N–H and O–H groups in total. The Morgan fingerprint density at radius 1 is 0.742 bits per heavy atom. The van der Waals surface area contributed by atoms with Gasteiger partial charge in [0.1, 0.15) is 11.5 Å². The summed E-state index contributed by atoms with van der Waals surface area (Å²) in [4.78, 5) is 26.3. The van der Waals surface area contributed by atoms with Crippen LogP contribution in [0.1, 0.15) is 26.7 Å². The lowest BCUT2D eigenvalue weighted by Gasteiger charge is -2.27. The highest BCUT2D eigenvalue weighted by molar-refractivity contribution is 7.12. The molecule has 3 aromatic carbocycles. The number of thiophene rings is 1. The van der Waals surface area contributed by atoms with E-state index in [2.05, 4.69) is 10.6 Å². The summed E-state index contributed by atoms with van der Waals surface area (Å²) in [5.74, 6) is 0.526. The van der Waals surface area contributed by atoms with Gasteiger partial charge in [-0.25, -0.2) is 0 Å². The molecule has 0 bridgehead atoms. The minimum atomic E-state index is -0.495. The second kappa shape index (κ2) is 8.08. The van der Waals surface area contributed by atoms with Crippen LogP contribution in [0.25, 0.3) is 0 Å². The zero-order valence-electron chi connectivity index (χ0n) is 16.4. The highest BCUT2D eigenvalue weighted by Crippen LogP contribution is 2.44. The fourth-order valence-corrected chi connectivity index (χ4v) is 4.30. The van der Waals surface area contributed by atoms with Gasteiger partial charge in [-0.15, -0.1) is 11.3 Å². The fourth-order valence-electron chi connectivity index (χ4n) is 3.68. The average molecular weight is 426 g/mol. The number of benzene rings is 3. The van der Waals surface area contributed by atoms with Crippen molar-refractivity contribution in [1.82, 2.24) is 0 Å². The quantitative estimate of drug-likeness (QED) is 0.428. The van der Waals surface area contributed by atoms with Gasteiger partial charge in [0, 0.05) is 22.5 Å². The second-order valence-corrected chi connectivity index (χ2v) is 8.06. The second-order valence-electron chi connectivity index (χ2n) is 7.11. The maximum Gasteiger partial charge on any atom is 0.265 e. The Kier molecular flexibility index (Phi) is 4.98. The third-order valence-electron chi connectivity index (χ3n) is 5.08. The number of carbonyl (C=O) groups excluding carboxylic acids is 2. The smallest absolute Gasteiger partial charge is 0.265 e. The predicted molar refractivity (Wildman–Crippen MR) is 122 cm³/mol. The molecule has 0 radical (unpaired) electrons. The average Bonchev–Trinajstić information content (AvgIpc) is 3.33. The third kappa shape index (κ3) is 3.81. The highest BCUT2D eigenvalue weighted by Gasteiger charge is 2.32. The molecule has 5 rings (SSSR count). The van der Waals surface area contributed by atoms with E-state index in [0.29, 0.717) is 27.8 Å². The third-order valence-corrected chi connectivity index (χ3v) is 5.94. The summed E-state index contributed by atoms with van der Waals surface area (Å²) in [5, 5.41) is 7.72. The van der Waals surface area contributed by atoms with Gasteiger partial charge < -0.3 is 15.4 Å². The number of fused-ring (bicyclic) bond motifs is 2. The van der Waals surface area contributed by atoms with E-state index in [0.717, 1.165) is 11.1 Å². The van der Waals surface area contributed by atoms with Crippen LogP contribution in [-0.4, -0.2) is 11.8 Å². The Balaban J connectivity index is 1.40. The molecule has 152 valence electrons. The molecular formula is C25H18N2O3S. The van der Waals surface area contributed by atoms with Crippen LogP contribution >= 0.6 is 11.3 Å². The molecule has 0 aliphatic carbocycles. The molecule has 0 saturated carbocycles. The SMILES string of the molecule is O=C(Nc1cccc(NC(=O)C2c3ccccc3Oc3ccccc32)c1)c1cccs1. The molecule has 1 aliphatic heterocycles. The Hall–Kier alpha value is -3.90. The minimum absolute atomic E-state index is 0.162. The summed E-state index contributed by atoms with van der Waals surface area (Å²) >= 11 is 1.38. The van der Waals surface area contributed by atoms with E-state index in [-0.39, 0.29) is 11.8 Å². The van der Waals surface area contributed by atoms with Gasteiger partial charge in [0.25, 0.3) is 5.91 Å². The molecule has 5 nitrogen and oxygen atoms in total. The van der Waals surface area contributed by atoms with Gasteiger partial charge >= 0.3 is 0 Å². The van der Waals surface area contributed by atoms with Crippen LogP contribution in [0.15, 0.2) is 90.3 Å². The molecule has 0 fully saturated rings. The molecule has 31 heavy (non-hydrogen) atoms. The first kappa shape index (κ1) is 19.1. The molecule has 2 heterocycles. The van der Waals surface area contributed by atoms with E-state index >= 15 is 0 Å². The normalized spacial score (nSPS) is 12.3. The van der Waals surface area contributed by atoms with Gasteiger partial charge in [-0.2, -0.15) is 0 Å². The molecular weight excluding hydrogens is 408 g/mol. The lowest BCUT2D eigenvalue weighted by molar-refractivity contribution is -0.116. The molecule has 0 saturated heterocycles. The largest absolute Gasteiger partial charge is 0.457 e. The van der Waals surface area contributed by atoms with Gasteiger partial charge in [-0.1, -0.05) is 48.5 Å². The van der Waals surface area contributed by atoms with Crippen molar-refractivity contribution in [2.75, 3.05) is 10.6 Å². The zero-order chi connectivity index (χ0) is 21.2. The standard InChI is InChI=1S/C25H18N2O3S/c28-24(22-13-6-14-31-22)26-16-7-5-8-17(15-16)27-25(29)23-18-9-1-3-11-20(18)30-21-12-4-2-10-19(21)23/h1-15,23H,(H,26,28)(H,27,29). The maximum absolute atomic E-state index is 13.4. The van der Waals surface area contributed by atoms with Crippen molar-refractivity contribution >= 4 is 34.5 Å². The zero-order valence-corrected chi connectivity index (χ0v) is 17.2. The topological polar surface area (TPSA) is 67.4 Å². The van der Waals surface area contributed by atoms with Crippen LogP contribution < -0.4 is 15.4 Å². The van der Waals surface area contributed by atoms with E-state index in [9.17, 15) is 9.59 Å². The highest BCUT2D eigenvalue weighted by atomic mass is 32.1. The number of hydrogen-bond acceptors (Lipinski definition) is 4. The molecule has 0 atom stereocenters. The number of ether oxygens (including phenoxy) is 1. The van der Waals surface area contributed by atoms with Crippen LogP contribution in [0, 0.1) is 0 Å². The number of para-hydroxylation sites is 2. The van der Waals surface area contributed by atoms with Crippen molar-refractivity contribution in [2.24, 2.45) is 0 Å². The van der Waals surface area contributed by atoms with E-state index in [1.165, 1.54) is 11.3 Å². The van der Waals surface area contributed by atoms with Gasteiger partial charge in [0.2, 0.25) is 5.91 Å². The van der Waals surface area contributed by atoms with Gasteiger partial charge in [0.15, 0.2) is 0 Å². The maximum atomic E-state index is 13.4. The molecule has 6 heteroatoms. The van der Waals surface area contributed by atoms with E-state index in [4.69, 9.17) is 4.74 Å². The van der Waals surface area contributed by atoms with E-state index in [1.54, 1.807) is 30.3 Å². The fraction of sp³-hybridized carbons (Fsp3) is 0.0400. The van der Waals surface area contributed by atoms with Gasteiger partial charge in [0.05, 0.1) is 10.8 Å². The first-order chi connectivity index (χ1) is 15.2. The van der Waals surface area contributed by atoms with E-state index < -0.39 is 5.92 Å². The lowest BCUT2D eigenvalue weighted by Crippen LogP contribution is -2.25. The number of hydrogen-bond donors (Lipinski definition) is 2. The Labute approximate surface area is 183 Å². The van der Waals surface area contributed by atoms with Crippen molar-refractivity contribution < 1.29 is 14.3 Å². The summed E-state index contributed by atoms with van der Waals surface area (Å²) in [7, 11) is 0. The van der Waals surface area contributed by atoms with Crippen molar-refractivity contribution in [3.8, 4) is 11.5 Å². The van der Waals surface area contributed by atoms with Crippen molar-refractivity contribution in [3.63, 3.8) is 0 Å². The lowest BCUT2D eigenvalue weighted by atomic mass is 9.87. The molecule has 4 aromatic rings. The number of nitrogens with one attached hydrogen (secondary N) is 2.